The number of hydrogen-bond acceptors (Lipinski definition) is 2. The zero-order chi connectivity index (χ0) is 39.2. The molecule has 278 valence electrons. The third kappa shape index (κ3) is 4.57. The van der Waals surface area contributed by atoms with Crippen LogP contribution in [0.2, 0.25) is 0 Å². The van der Waals surface area contributed by atoms with Crippen molar-refractivity contribution in [3.63, 3.8) is 0 Å². The van der Waals surface area contributed by atoms with Crippen molar-refractivity contribution in [3.8, 4) is 22.3 Å². The second-order valence-corrected chi connectivity index (χ2v) is 18.6. The van der Waals surface area contributed by atoms with Gasteiger partial charge in [0.05, 0.1) is 5.69 Å². The van der Waals surface area contributed by atoms with Crippen LogP contribution in [0.5, 0.6) is 0 Å². The van der Waals surface area contributed by atoms with Crippen LogP contribution in [0.25, 0.3) is 76.8 Å². The molecule has 3 nitrogen and oxygen atoms in total. The first kappa shape index (κ1) is 33.6. The molecule has 4 heterocycles. The minimum absolute atomic E-state index is 0.0169. The van der Waals surface area contributed by atoms with E-state index in [4.69, 9.17) is 4.42 Å². The third-order valence-corrected chi connectivity index (χ3v) is 13.0. The van der Waals surface area contributed by atoms with Crippen molar-refractivity contribution in [2.45, 2.75) is 52.4 Å². The van der Waals surface area contributed by atoms with E-state index in [9.17, 15) is 0 Å². The van der Waals surface area contributed by atoms with Crippen molar-refractivity contribution in [2.75, 3.05) is 4.90 Å². The van der Waals surface area contributed by atoms with Crippen molar-refractivity contribution in [1.82, 2.24) is 4.48 Å². The lowest BCUT2D eigenvalue weighted by Gasteiger charge is -2.41. The van der Waals surface area contributed by atoms with Crippen LogP contribution in [-0.4, -0.2) is 11.3 Å². The predicted octanol–water partition coefficient (Wildman–Crippen LogP) is 13.5. The van der Waals surface area contributed by atoms with Gasteiger partial charge < -0.3 is 13.8 Å². The summed E-state index contributed by atoms with van der Waals surface area (Å²) in [5, 5.41) is 7.43. The normalized spacial score (nSPS) is 13.6. The van der Waals surface area contributed by atoms with E-state index in [0.29, 0.717) is 0 Å². The van der Waals surface area contributed by atoms with E-state index < -0.39 is 0 Å². The zero-order valence-electron chi connectivity index (χ0n) is 33.8. The third-order valence-electron chi connectivity index (χ3n) is 13.0. The van der Waals surface area contributed by atoms with Crippen LogP contribution in [0.4, 0.5) is 17.1 Å². The second kappa shape index (κ2) is 11.5. The van der Waals surface area contributed by atoms with Crippen molar-refractivity contribution < 1.29 is 4.42 Å². The summed E-state index contributed by atoms with van der Waals surface area (Å²) in [7, 11) is 0. The van der Waals surface area contributed by atoms with Gasteiger partial charge in [0, 0.05) is 49.5 Å². The lowest BCUT2D eigenvalue weighted by Crippen LogP contribution is -2.56. The molecule has 0 radical (unpaired) electrons. The van der Waals surface area contributed by atoms with Crippen molar-refractivity contribution >= 4 is 89.4 Å². The Hall–Kier alpha value is -6.52. The molecule has 0 bridgehead atoms. The highest BCUT2D eigenvalue weighted by molar-refractivity contribution is 6.90. The average Bonchev–Trinajstić information content (AvgIpc) is 3.77. The summed E-state index contributed by atoms with van der Waals surface area (Å²) >= 11 is 0. The van der Waals surface area contributed by atoms with Gasteiger partial charge in [-0.15, -0.1) is 0 Å². The smallest absolute Gasteiger partial charge is 0.333 e. The largest absolute Gasteiger partial charge is 0.454 e. The predicted molar refractivity (Wildman–Crippen MR) is 248 cm³/mol. The maximum atomic E-state index is 6.86. The highest BCUT2D eigenvalue weighted by Crippen LogP contribution is 2.51. The Morgan fingerprint density at radius 2 is 1.22 bits per heavy atom. The Morgan fingerprint density at radius 1 is 0.500 bits per heavy atom. The van der Waals surface area contributed by atoms with Gasteiger partial charge in [-0.1, -0.05) is 145 Å². The summed E-state index contributed by atoms with van der Waals surface area (Å²) in [4.78, 5) is 2.52. The molecule has 2 aliphatic rings. The summed E-state index contributed by atoms with van der Waals surface area (Å²) in [5.74, 6) is 0. The van der Waals surface area contributed by atoms with Gasteiger partial charge >= 0.3 is 6.85 Å². The SMILES string of the molecule is CC(C)(C)c1ccc2c(c1)c1cc(C(C)(C)C)cc3c1n2B1c2ccc(-c4ccccc4)cc2N(c2cccc4c2oc2ccccc24)c2cc4ccccc4c-3c21. The highest BCUT2D eigenvalue weighted by atomic mass is 16.3. The number of benzene rings is 8. The van der Waals surface area contributed by atoms with Crippen LogP contribution in [0.3, 0.4) is 0 Å². The molecular weight excluding hydrogens is 703 g/mol. The van der Waals surface area contributed by atoms with E-state index in [2.05, 4.69) is 203 Å². The fourth-order valence-electron chi connectivity index (χ4n) is 10.1. The molecule has 4 heteroatoms. The van der Waals surface area contributed by atoms with Gasteiger partial charge in [-0.2, -0.15) is 0 Å². The Labute approximate surface area is 339 Å². The number of para-hydroxylation sites is 2. The van der Waals surface area contributed by atoms with Crippen molar-refractivity contribution in [1.29, 1.82) is 0 Å². The molecule has 0 saturated heterocycles. The van der Waals surface area contributed by atoms with E-state index in [1.165, 1.54) is 88.3 Å². The summed E-state index contributed by atoms with van der Waals surface area (Å²) in [6.45, 7) is 14.0. The summed E-state index contributed by atoms with van der Waals surface area (Å²) < 4.78 is 9.55. The van der Waals surface area contributed by atoms with Crippen molar-refractivity contribution in [3.05, 3.63) is 163 Å². The number of rotatable bonds is 2. The van der Waals surface area contributed by atoms with Crippen molar-refractivity contribution in [2.24, 2.45) is 0 Å². The summed E-state index contributed by atoms with van der Waals surface area (Å²) in [6, 6.07) is 56.8. The molecule has 0 N–H and O–H groups in total. The van der Waals surface area contributed by atoms with E-state index in [0.717, 1.165) is 27.6 Å². The number of fused-ring (bicyclic) bond motifs is 12. The number of nitrogens with zero attached hydrogens (tertiary/aromatic N) is 2. The maximum Gasteiger partial charge on any atom is 0.333 e. The van der Waals surface area contributed by atoms with E-state index in [1.807, 2.05) is 0 Å². The molecule has 2 aliphatic heterocycles. The van der Waals surface area contributed by atoms with Gasteiger partial charge in [0.25, 0.3) is 0 Å². The van der Waals surface area contributed by atoms with Gasteiger partial charge in [0.15, 0.2) is 5.58 Å². The van der Waals surface area contributed by atoms with Gasteiger partial charge in [-0.3, -0.25) is 0 Å². The summed E-state index contributed by atoms with van der Waals surface area (Å²) in [5.41, 5.74) is 18.1. The molecule has 8 aromatic carbocycles. The first-order valence-electron chi connectivity index (χ1n) is 20.6. The quantitative estimate of drug-likeness (QED) is 0.164. The molecule has 58 heavy (non-hydrogen) atoms. The fourth-order valence-corrected chi connectivity index (χ4v) is 10.1. The molecule has 2 aromatic heterocycles. The molecule has 0 aliphatic carbocycles. The second-order valence-electron chi connectivity index (χ2n) is 18.6. The Morgan fingerprint density at radius 3 is 2.03 bits per heavy atom. The van der Waals surface area contributed by atoms with E-state index in [1.54, 1.807) is 0 Å². The van der Waals surface area contributed by atoms with Gasteiger partial charge in [-0.25, -0.2) is 0 Å². The number of furan rings is 1. The van der Waals surface area contributed by atoms with E-state index in [-0.39, 0.29) is 17.7 Å². The number of hydrogen-bond donors (Lipinski definition) is 0. The molecule has 0 amide bonds. The molecule has 0 fully saturated rings. The zero-order valence-corrected chi connectivity index (χ0v) is 33.8. The lowest BCUT2D eigenvalue weighted by molar-refractivity contribution is 0.590. The Bertz CT molecular complexity index is 3370. The first-order chi connectivity index (χ1) is 28.0. The lowest BCUT2D eigenvalue weighted by atomic mass is 9.44. The first-order valence-corrected chi connectivity index (χ1v) is 20.6. The molecule has 12 rings (SSSR count). The minimum atomic E-state index is -0.0611. The Balaban J connectivity index is 1.28. The molecular formula is C54H43BN2O. The molecule has 0 spiro atoms. The molecule has 10 aromatic rings. The standard InChI is InChI=1S/C54H43BN2O/c1-53(2,3)35-24-26-44-40(29-35)41-30-36(54(4,5)6)31-42-49-37-18-11-10-17-34(37)28-47-50(49)55(57(44)51(41)42)43-25-23-33(32-15-8-7-9-16-32)27-46(43)56(47)45-21-14-20-39-38-19-12-13-22-48(38)58-52(39)45/h7-31H,1-6H3. The Kier molecular flexibility index (Phi) is 6.69. The number of anilines is 3. The van der Waals surface area contributed by atoms with Crippen LogP contribution in [-0.2, 0) is 10.8 Å². The van der Waals surface area contributed by atoms with Crippen LogP contribution < -0.4 is 15.8 Å². The van der Waals surface area contributed by atoms with Gasteiger partial charge in [0.2, 0.25) is 0 Å². The summed E-state index contributed by atoms with van der Waals surface area (Å²) in [6.07, 6.45) is 0. The van der Waals surface area contributed by atoms with Crippen LogP contribution in [0.1, 0.15) is 52.7 Å². The monoisotopic (exact) mass is 746 g/mol. The molecule has 0 unspecified atom stereocenters. The fraction of sp³-hybridized carbons (Fsp3) is 0.148. The molecule has 0 atom stereocenters. The van der Waals surface area contributed by atoms with Crippen LogP contribution >= 0.6 is 0 Å². The molecule has 0 saturated carbocycles. The highest BCUT2D eigenvalue weighted by Gasteiger charge is 2.44. The van der Waals surface area contributed by atoms with Gasteiger partial charge in [-0.05, 0) is 109 Å². The average molecular weight is 747 g/mol. The van der Waals surface area contributed by atoms with Crippen LogP contribution in [0, 0.1) is 0 Å². The minimum Gasteiger partial charge on any atom is -0.454 e. The topological polar surface area (TPSA) is 21.3 Å². The number of aromatic nitrogens is 1. The maximum absolute atomic E-state index is 6.86. The van der Waals surface area contributed by atoms with Crippen LogP contribution in [0.15, 0.2) is 156 Å². The van der Waals surface area contributed by atoms with E-state index >= 15 is 0 Å². The van der Waals surface area contributed by atoms with Gasteiger partial charge in [0.1, 0.15) is 5.58 Å².